The van der Waals surface area contributed by atoms with E-state index < -0.39 is 0 Å². The number of nitrogens with zero attached hydrogens (tertiary/aromatic N) is 2. The molecule has 1 unspecified atom stereocenters. The number of hydrogen-bond acceptors (Lipinski definition) is 2. The number of hydrogen-bond donors (Lipinski definition) is 0. The Hall–Kier alpha value is -1.25. The molecule has 0 bridgehead atoms. The van der Waals surface area contributed by atoms with Gasteiger partial charge >= 0.3 is 0 Å². The van der Waals surface area contributed by atoms with Gasteiger partial charge in [-0.3, -0.25) is 0 Å². The molecule has 2 rings (SSSR count). The fourth-order valence-electron chi connectivity index (χ4n) is 2.10. The first kappa shape index (κ1) is 15.1. The SMILES string of the molecule is Cc1nc(N(C)C(C)c2cccc(Cl)c2)ccc1CCl. The van der Waals surface area contributed by atoms with Crippen molar-refractivity contribution in [1.82, 2.24) is 4.98 Å². The third kappa shape index (κ3) is 3.25. The second-order valence-corrected chi connectivity index (χ2v) is 5.59. The summed E-state index contributed by atoms with van der Waals surface area (Å²) in [7, 11) is 2.04. The van der Waals surface area contributed by atoms with E-state index in [0.29, 0.717) is 5.88 Å². The van der Waals surface area contributed by atoms with Crippen molar-refractivity contribution < 1.29 is 0 Å². The van der Waals surface area contributed by atoms with E-state index in [9.17, 15) is 0 Å². The van der Waals surface area contributed by atoms with E-state index in [1.807, 2.05) is 44.3 Å². The van der Waals surface area contributed by atoms with Crippen LogP contribution < -0.4 is 4.90 Å². The van der Waals surface area contributed by atoms with Crippen molar-refractivity contribution in [3.05, 3.63) is 58.2 Å². The van der Waals surface area contributed by atoms with Gasteiger partial charge < -0.3 is 4.90 Å². The third-order valence-corrected chi connectivity index (χ3v) is 4.12. The Labute approximate surface area is 130 Å². The van der Waals surface area contributed by atoms with Crippen LogP contribution in [0.1, 0.15) is 29.8 Å². The number of pyridine rings is 1. The molecule has 0 fully saturated rings. The summed E-state index contributed by atoms with van der Waals surface area (Å²) in [6, 6.07) is 12.2. The van der Waals surface area contributed by atoms with Crippen LogP contribution in [0.25, 0.3) is 0 Å². The molecule has 0 aliphatic heterocycles. The summed E-state index contributed by atoms with van der Waals surface area (Å²) in [5, 5.41) is 0.754. The van der Waals surface area contributed by atoms with Crippen molar-refractivity contribution in [3.63, 3.8) is 0 Å². The summed E-state index contributed by atoms with van der Waals surface area (Å²) in [6.45, 7) is 4.12. The average Bonchev–Trinajstić information content (AvgIpc) is 2.45. The Morgan fingerprint density at radius 1 is 1.25 bits per heavy atom. The maximum absolute atomic E-state index is 6.06. The Balaban J connectivity index is 2.26. The highest BCUT2D eigenvalue weighted by atomic mass is 35.5. The molecule has 0 aliphatic carbocycles. The predicted octanol–water partition coefficient (Wildman–Crippen LogP) is 4.98. The van der Waals surface area contributed by atoms with Crippen LogP contribution in [0.2, 0.25) is 5.02 Å². The van der Waals surface area contributed by atoms with Crippen LogP contribution in [0.5, 0.6) is 0 Å². The van der Waals surface area contributed by atoms with Crippen LogP contribution in [0.3, 0.4) is 0 Å². The van der Waals surface area contributed by atoms with Crippen molar-refractivity contribution in [2.75, 3.05) is 11.9 Å². The molecule has 2 aromatic rings. The molecule has 1 atom stereocenters. The molecule has 20 heavy (non-hydrogen) atoms. The number of halogens is 2. The van der Waals surface area contributed by atoms with Crippen LogP contribution in [-0.2, 0) is 5.88 Å². The summed E-state index contributed by atoms with van der Waals surface area (Å²) in [6.07, 6.45) is 0. The van der Waals surface area contributed by atoms with Gasteiger partial charge in [0.25, 0.3) is 0 Å². The summed E-state index contributed by atoms with van der Waals surface area (Å²) in [4.78, 5) is 6.76. The van der Waals surface area contributed by atoms with Crippen LogP contribution in [0.15, 0.2) is 36.4 Å². The summed E-state index contributed by atoms with van der Waals surface area (Å²) in [5.74, 6) is 1.43. The molecule has 1 aromatic heterocycles. The zero-order valence-corrected chi connectivity index (χ0v) is 13.4. The molecule has 0 saturated carbocycles. The second-order valence-electron chi connectivity index (χ2n) is 4.89. The van der Waals surface area contributed by atoms with E-state index in [1.54, 1.807) is 0 Å². The lowest BCUT2D eigenvalue weighted by molar-refractivity contribution is 0.727. The van der Waals surface area contributed by atoms with E-state index in [2.05, 4.69) is 22.9 Å². The minimum absolute atomic E-state index is 0.197. The van der Waals surface area contributed by atoms with Crippen LogP contribution in [0, 0.1) is 6.92 Å². The van der Waals surface area contributed by atoms with E-state index >= 15 is 0 Å². The first-order chi connectivity index (χ1) is 9.52. The minimum Gasteiger partial charge on any atom is -0.353 e. The normalized spacial score (nSPS) is 12.2. The van der Waals surface area contributed by atoms with Crippen LogP contribution in [0.4, 0.5) is 5.82 Å². The second kappa shape index (κ2) is 6.47. The Morgan fingerprint density at radius 2 is 2.00 bits per heavy atom. The molecule has 2 nitrogen and oxygen atoms in total. The Kier molecular flexibility index (Phi) is 4.90. The summed E-state index contributed by atoms with van der Waals surface area (Å²) >= 11 is 11.9. The van der Waals surface area contributed by atoms with Gasteiger partial charge in [-0.25, -0.2) is 4.98 Å². The molecular weight excluding hydrogens is 291 g/mol. The number of aryl methyl sites for hydroxylation is 1. The molecule has 1 aromatic carbocycles. The van der Waals surface area contributed by atoms with E-state index in [0.717, 1.165) is 22.1 Å². The van der Waals surface area contributed by atoms with E-state index in [-0.39, 0.29) is 6.04 Å². The number of aromatic nitrogens is 1. The van der Waals surface area contributed by atoms with Gasteiger partial charge in [0.05, 0.1) is 6.04 Å². The van der Waals surface area contributed by atoms with Gasteiger partial charge in [0.2, 0.25) is 0 Å². The van der Waals surface area contributed by atoms with Crippen molar-refractivity contribution in [1.29, 1.82) is 0 Å². The van der Waals surface area contributed by atoms with E-state index in [1.165, 1.54) is 5.56 Å². The van der Waals surface area contributed by atoms with Crippen LogP contribution in [-0.4, -0.2) is 12.0 Å². The van der Waals surface area contributed by atoms with Gasteiger partial charge in [-0.15, -0.1) is 11.6 Å². The molecule has 0 N–H and O–H groups in total. The van der Waals surface area contributed by atoms with Crippen molar-refractivity contribution in [2.24, 2.45) is 0 Å². The standard InChI is InChI=1S/C16H18Cl2N2/c1-11-14(10-17)7-8-16(19-11)20(3)12(2)13-5-4-6-15(18)9-13/h4-9,12H,10H2,1-3H3. The van der Waals surface area contributed by atoms with Gasteiger partial charge in [0.1, 0.15) is 5.82 Å². The fraction of sp³-hybridized carbons (Fsp3) is 0.312. The largest absolute Gasteiger partial charge is 0.353 e. The molecule has 1 heterocycles. The van der Waals surface area contributed by atoms with Crippen molar-refractivity contribution in [2.45, 2.75) is 25.8 Å². The van der Waals surface area contributed by atoms with Crippen molar-refractivity contribution >= 4 is 29.0 Å². The smallest absolute Gasteiger partial charge is 0.129 e. The lowest BCUT2D eigenvalue weighted by Gasteiger charge is -2.27. The Bertz CT molecular complexity index is 599. The molecule has 106 valence electrons. The molecule has 0 spiro atoms. The van der Waals surface area contributed by atoms with Gasteiger partial charge in [-0.1, -0.05) is 29.8 Å². The topological polar surface area (TPSA) is 16.1 Å². The first-order valence-corrected chi connectivity index (χ1v) is 7.45. The quantitative estimate of drug-likeness (QED) is 0.741. The monoisotopic (exact) mass is 308 g/mol. The predicted molar refractivity (Wildman–Crippen MR) is 86.8 cm³/mol. The van der Waals surface area contributed by atoms with Gasteiger partial charge in [0, 0.05) is 23.6 Å². The molecule has 0 saturated heterocycles. The molecule has 0 aliphatic rings. The molecular formula is C16H18Cl2N2. The highest BCUT2D eigenvalue weighted by Crippen LogP contribution is 2.26. The fourth-order valence-corrected chi connectivity index (χ4v) is 2.58. The van der Waals surface area contributed by atoms with E-state index in [4.69, 9.17) is 23.2 Å². The van der Waals surface area contributed by atoms with Crippen LogP contribution >= 0.6 is 23.2 Å². The minimum atomic E-state index is 0.197. The maximum atomic E-state index is 6.06. The van der Waals surface area contributed by atoms with Gasteiger partial charge in [0.15, 0.2) is 0 Å². The summed E-state index contributed by atoms with van der Waals surface area (Å²) < 4.78 is 0. The van der Waals surface area contributed by atoms with Gasteiger partial charge in [-0.05, 0) is 43.2 Å². The molecule has 0 amide bonds. The highest BCUT2D eigenvalue weighted by molar-refractivity contribution is 6.30. The lowest BCUT2D eigenvalue weighted by atomic mass is 10.1. The summed E-state index contributed by atoms with van der Waals surface area (Å²) in [5.41, 5.74) is 3.21. The zero-order chi connectivity index (χ0) is 14.7. The Morgan fingerprint density at radius 3 is 2.60 bits per heavy atom. The number of rotatable bonds is 4. The average molecular weight is 309 g/mol. The lowest BCUT2D eigenvalue weighted by Crippen LogP contribution is -2.23. The number of benzene rings is 1. The molecule has 4 heteroatoms. The zero-order valence-electron chi connectivity index (χ0n) is 11.9. The maximum Gasteiger partial charge on any atom is 0.129 e. The highest BCUT2D eigenvalue weighted by Gasteiger charge is 2.14. The van der Waals surface area contributed by atoms with Crippen molar-refractivity contribution in [3.8, 4) is 0 Å². The first-order valence-electron chi connectivity index (χ1n) is 6.53. The third-order valence-electron chi connectivity index (χ3n) is 3.60. The number of alkyl halides is 1. The number of anilines is 1. The molecule has 0 radical (unpaired) electrons. The van der Waals surface area contributed by atoms with Gasteiger partial charge in [-0.2, -0.15) is 0 Å².